The molecule has 0 aliphatic rings. The zero-order valence-corrected chi connectivity index (χ0v) is 15.7. The number of hydrogen-bond donors (Lipinski definition) is 3. The third kappa shape index (κ3) is 6.45. The van der Waals surface area contributed by atoms with Crippen LogP contribution in [0.15, 0.2) is 36.0 Å². The Morgan fingerprint density at radius 2 is 1.79 bits per heavy atom. The van der Waals surface area contributed by atoms with Crippen LogP contribution in [-0.4, -0.2) is 28.9 Å². The predicted molar refractivity (Wildman–Crippen MR) is 102 cm³/mol. The van der Waals surface area contributed by atoms with Crippen LogP contribution in [0.4, 0.5) is 5.69 Å². The number of halogens is 2. The average molecular weight is 391 g/mol. The van der Waals surface area contributed by atoms with Gasteiger partial charge in [-0.05, 0) is 37.4 Å². The summed E-state index contributed by atoms with van der Waals surface area (Å²) >= 11 is 1.27. The van der Waals surface area contributed by atoms with Crippen molar-refractivity contribution in [2.24, 2.45) is 5.73 Å². The number of carbonyl (C=O) groups excluding carboxylic acids is 2. The Kier molecular flexibility index (Phi) is 8.92. The van der Waals surface area contributed by atoms with Gasteiger partial charge in [-0.15, -0.1) is 36.2 Å². The first-order chi connectivity index (χ1) is 10.4. The quantitative estimate of drug-likeness (QED) is 0.730. The molecule has 0 saturated carbocycles. The molecule has 2 aromatic rings. The summed E-state index contributed by atoms with van der Waals surface area (Å²) in [5.41, 5.74) is 6.32. The van der Waals surface area contributed by atoms with Gasteiger partial charge < -0.3 is 16.4 Å². The molecule has 2 amide bonds. The highest BCUT2D eigenvalue weighted by atomic mass is 35.5. The zero-order chi connectivity index (χ0) is 16.2. The van der Waals surface area contributed by atoms with E-state index in [9.17, 15) is 9.59 Å². The minimum absolute atomic E-state index is 0. The summed E-state index contributed by atoms with van der Waals surface area (Å²) < 4.78 is 0. The van der Waals surface area contributed by atoms with E-state index in [0.717, 1.165) is 0 Å². The molecular weight excluding hydrogens is 371 g/mol. The number of carbonyl (C=O) groups is 2. The van der Waals surface area contributed by atoms with Crippen molar-refractivity contribution in [3.05, 3.63) is 46.4 Å². The van der Waals surface area contributed by atoms with E-state index >= 15 is 0 Å². The maximum absolute atomic E-state index is 12.2. The predicted octanol–water partition coefficient (Wildman–Crippen LogP) is 2.71. The van der Waals surface area contributed by atoms with Gasteiger partial charge in [0, 0.05) is 30.0 Å². The Morgan fingerprint density at radius 3 is 2.38 bits per heavy atom. The van der Waals surface area contributed by atoms with Crippen molar-refractivity contribution >= 4 is 53.7 Å². The van der Waals surface area contributed by atoms with E-state index in [1.165, 1.54) is 11.3 Å². The minimum Gasteiger partial charge on any atom is -0.349 e. The van der Waals surface area contributed by atoms with Crippen LogP contribution in [0.1, 0.15) is 33.9 Å². The molecule has 0 saturated heterocycles. The zero-order valence-electron chi connectivity index (χ0n) is 13.2. The molecule has 0 bridgehead atoms. The first kappa shape index (κ1) is 22.3. The molecule has 2 aromatic heterocycles. The van der Waals surface area contributed by atoms with E-state index in [0.29, 0.717) is 22.7 Å². The molecule has 0 aliphatic heterocycles. The van der Waals surface area contributed by atoms with E-state index in [-0.39, 0.29) is 36.6 Å². The summed E-state index contributed by atoms with van der Waals surface area (Å²) in [5.74, 6) is -0.535. The van der Waals surface area contributed by atoms with Gasteiger partial charge in [-0.1, -0.05) is 0 Å². The third-order valence-electron chi connectivity index (χ3n) is 2.77. The molecular formula is C15H20Cl2N4O2S. The second-order valence-electron chi connectivity index (χ2n) is 5.52. The molecule has 24 heavy (non-hydrogen) atoms. The van der Waals surface area contributed by atoms with E-state index in [4.69, 9.17) is 5.73 Å². The first-order valence-corrected chi connectivity index (χ1v) is 7.61. The Labute approximate surface area is 157 Å². The first-order valence-electron chi connectivity index (χ1n) is 6.73. The number of anilines is 1. The lowest BCUT2D eigenvalue weighted by Crippen LogP contribution is -2.45. The summed E-state index contributed by atoms with van der Waals surface area (Å²) in [7, 11) is 0. The molecule has 0 aliphatic carbocycles. The van der Waals surface area contributed by atoms with Crippen molar-refractivity contribution in [3.8, 4) is 0 Å². The fourth-order valence-electron chi connectivity index (χ4n) is 1.67. The second kappa shape index (κ2) is 9.58. The van der Waals surface area contributed by atoms with Gasteiger partial charge >= 0.3 is 0 Å². The van der Waals surface area contributed by atoms with Crippen LogP contribution < -0.4 is 16.4 Å². The molecule has 0 spiro atoms. The van der Waals surface area contributed by atoms with Crippen molar-refractivity contribution in [2.75, 3.05) is 11.9 Å². The van der Waals surface area contributed by atoms with Gasteiger partial charge in [0.2, 0.25) is 0 Å². The van der Waals surface area contributed by atoms with Crippen LogP contribution in [0.2, 0.25) is 0 Å². The lowest BCUT2D eigenvalue weighted by molar-refractivity contribution is 0.0951. The number of thiophene rings is 1. The fourth-order valence-corrected chi connectivity index (χ4v) is 2.44. The Hall–Kier alpha value is -1.67. The largest absolute Gasteiger partial charge is 0.349 e. The third-order valence-corrected chi connectivity index (χ3v) is 3.68. The Morgan fingerprint density at radius 1 is 1.17 bits per heavy atom. The van der Waals surface area contributed by atoms with Gasteiger partial charge in [-0.3, -0.25) is 14.6 Å². The minimum atomic E-state index is -0.493. The molecule has 2 heterocycles. The molecule has 0 unspecified atom stereocenters. The monoisotopic (exact) mass is 390 g/mol. The van der Waals surface area contributed by atoms with Crippen molar-refractivity contribution in [2.45, 2.75) is 19.4 Å². The summed E-state index contributed by atoms with van der Waals surface area (Å²) in [6.45, 7) is 4.00. The molecule has 9 heteroatoms. The fraction of sp³-hybridized carbons (Fsp3) is 0.267. The molecule has 0 atom stereocenters. The van der Waals surface area contributed by atoms with Crippen LogP contribution in [0.25, 0.3) is 0 Å². The molecule has 4 N–H and O–H groups in total. The standard InChI is InChI=1S/C15H18N4O2S.2ClH/c1-15(2,16)9-18-14(21)12-11(5-8-22-12)19-13(20)10-3-6-17-7-4-10;;/h3-8H,9,16H2,1-2H3,(H,18,21)(H,19,20);2*1H. The van der Waals surface area contributed by atoms with Crippen molar-refractivity contribution < 1.29 is 9.59 Å². The van der Waals surface area contributed by atoms with Gasteiger partial charge in [0.25, 0.3) is 11.8 Å². The highest BCUT2D eigenvalue weighted by Crippen LogP contribution is 2.23. The topological polar surface area (TPSA) is 97.1 Å². The van der Waals surface area contributed by atoms with Crippen molar-refractivity contribution in [1.82, 2.24) is 10.3 Å². The molecule has 6 nitrogen and oxygen atoms in total. The van der Waals surface area contributed by atoms with Crippen LogP contribution >= 0.6 is 36.2 Å². The van der Waals surface area contributed by atoms with E-state index in [2.05, 4.69) is 15.6 Å². The van der Waals surface area contributed by atoms with E-state index in [1.54, 1.807) is 36.0 Å². The molecule has 2 rings (SSSR count). The Bertz CT molecular complexity index is 672. The summed E-state index contributed by atoms with van der Waals surface area (Å²) in [4.78, 5) is 28.6. The number of rotatable bonds is 5. The molecule has 0 fully saturated rings. The van der Waals surface area contributed by atoms with Gasteiger partial charge in [0.1, 0.15) is 4.88 Å². The average Bonchev–Trinajstić information content (AvgIpc) is 2.93. The summed E-state index contributed by atoms with van der Waals surface area (Å²) in [6, 6.07) is 4.92. The van der Waals surface area contributed by atoms with Gasteiger partial charge in [0.15, 0.2) is 0 Å². The number of nitrogens with two attached hydrogens (primary N) is 1. The SMILES string of the molecule is CC(C)(N)CNC(=O)c1sccc1NC(=O)c1ccncc1.Cl.Cl. The molecule has 132 valence electrons. The summed E-state index contributed by atoms with van der Waals surface area (Å²) in [6.07, 6.45) is 3.08. The lowest BCUT2D eigenvalue weighted by Gasteiger charge is -2.18. The van der Waals surface area contributed by atoms with Crippen LogP contribution in [0.5, 0.6) is 0 Å². The van der Waals surface area contributed by atoms with Crippen LogP contribution in [0.3, 0.4) is 0 Å². The van der Waals surface area contributed by atoms with Crippen molar-refractivity contribution in [1.29, 1.82) is 0 Å². The van der Waals surface area contributed by atoms with Crippen LogP contribution in [0, 0.1) is 0 Å². The summed E-state index contributed by atoms with van der Waals surface area (Å²) in [5, 5.41) is 7.25. The number of nitrogens with zero attached hydrogens (tertiary/aromatic N) is 1. The van der Waals surface area contributed by atoms with Crippen molar-refractivity contribution in [3.63, 3.8) is 0 Å². The number of pyridine rings is 1. The van der Waals surface area contributed by atoms with E-state index < -0.39 is 5.54 Å². The van der Waals surface area contributed by atoms with Gasteiger partial charge in [-0.2, -0.15) is 0 Å². The van der Waals surface area contributed by atoms with Gasteiger partial charge in [0.05, 0.1) is 5.69 Å². The number of amides is 2. The maximum atomic E-state index is 12.2. The smallest absolute Gasteiger partial charge is 0.263 e. The van der Waals surface area contributed by atoms with E-state index in [1.807, 2.05) is 13.8 Å². The normalized spacial score (nSPS) is 10.1. The molecule has 0 radical (unpaired) electrons. The number of hydrogen-bond acceptors (Lipinski definition) is 5. The number of nitrogens with one attached hydrogen (secondary N) is 2. The molecule has 0 aromatic carbocycles. The highest BCUT2D eigenvalue weighted by Gasteiger charge is 2.18. The number of aromatic nitrogens is 1. The van der Waals surface area contributed by atoms with Gasteiger partial charge in [-0.25, -0.2) is 0 Å². The Balaban J connectivity index is 0.00000264. The lowest BCUT2D eigenvalue weighted by atomic mass is 10.1. The maximum Gasteiger partial charge on any atom is 0.263 e. The highest BCUT2D eigenvalue weighted by molar-refractivity contribution is 7.12. The van der Waals surface area contributed by atoms with Crippen LogP contribution in [-0.2, 0) is 0 Å². The second-order valence-corrected chi connectivity index (χ2v) is 6.44.